The summed E-state index contributed by atoms with van der Waals surface area (Å²) in [5.74, 6) is -0.143. The Labute approximate surface area is 212 Å². The summed E-state index contributed by atoms with van der Waals surface area (Å²) in [6.07, 6.45) is 2.14. The normalized spacial score (nSPS) is 10.4. The van der Waals surface area contributed by atoms with Gasteiger partial charge in [0.05, 0.1) is 0 Å². The summed E-state index contributed by atoms with van der Waals surface area (Å²) in [4.78, 5) is 25.2. The minimum Gasteiger partial charge on any atom is -0.423 e. The number of hydrogen-bond acceptors (Lipinski definition) is 3. The van der Waals surface area contributed by atoms with Crippen molar-refractivity contribution in [1.82, 2.24) is 0 Å². The molecule has 0 atom stereocenters. The second-order valence-electron chi connectivity index (χ2n) is 8.84. The molecule has 4 aromatic rings. The molecular weight excluding hydrogens is 444 g/mol. The highest BCUT2D eigenvalue weighted by Gasteiger charge is 2.17. The van der Waals surface area contributed by atoms with Crippen LogP contribution in [0.5, 0.6) is 5.75 Å². The zero-order chi connectivity index (χ0) is 25.7. The first-order valence-electron chi connectivity index (χ1n) is 11.8. The van der Waals surface area contributed by atoms with Crippen LogP contribution in [0.15, 0.2) is 109 Å². The largest absolute Gasteiger partial charge is 0.423 e. The van der Waals surface area contributed by atoms with Gasteiger partial charge in [-0.2, -0.15) is 0 Å². The van der Waals surface area contributed by atoms with E-state index in [-0.39, 0.29) is 5.78 Å². The van der Waals surface area contributed by atoms with E-state index in [4.69, 9.17) is 4.74 Å². The number of ketones is 1. The van der Waals surface area contributed by atoms with E-state index in [1.165, 1.54) is 0 Å². The Balaban J connectivity index is 1.63. The summed E-state index contributed by atoms with van der Waals surface area (Å²) in [5, 5.41) is 0. The minimum atomic E-state index is -0.484. The average Bonchev–Trinajstić information content (AvgIpc) is 2.88. The molecule has 0 saturated carbocycles. The van der Waals surface area contributed by atoms with Gasteiger partial charge in [-0.05, 0) is 72.4 Å². The van der Waals surface area contributed by atoms with Gasteiger partial charge in [0.25, 0.3) is 0 Å². The van der Waals surface area contributed by atoms with Gasteiger partial charge in [0.1, 0.15) is 5.75 Å². The number of benzene rings is 4. The molecule has 0 aromatic heterocycles. The van der Waals surface area contributed by atoms with E-state index in [1.54, 1.807) is 19.1 Å². The second-order valence-corrected chi connectivity index (χ2v) is 8.84. The molecule has 0 aliphatic carbocycles. The topological polar surface area (TPSA) is 43.4 Å². The Hall–Kier alpha value is -4.50. The van der Waals surface area contributed by atoms with Gasteiger partial charge in [-0.25, -0.2) is 4.79 Å². The van der Waals surface area contributed by atoms with E-state index >= 15 is 0 Å². The minimum absolute atomic E-state index is 0.0651. The third-order valence-electron chi connectivity index (χ3n) is 5.95. The molecule has 0 spiro atoms. The van der Waals surface area contributed by atoms with Crippen molar-refractivity contribution in [2.24, 2.45) is 0 Å². The van der Waals surface area contributed by atoms with Gasteiger partial charge in [0.2, 0.25) is 0 Å². The zero-order valence-corrected chi connectivity index (χ0v) is 20.7. The average molecular weight is 473 g/mol. The maximum absolute atomic E-state index is 13.4. The molecule has 3 nitrogen and oxygen atoms in total. The Morgan fingerprint density at radius 3 is 1.69 bits per heavy atom. The molecule has 4 rings (SSSR count). The van der Waals surface area contributed by atoms with Crippen molar-refractivity contribution < 1.29 is 14.3 Å². The van der Waals surface area contributed by atoms with E-state index in [9.17, 15) is 9.59 Å². The lowest BCUT2D eigenvalue weighted by molar-refractivity contribution is -0.130. The van der Waals surface area contributed by atoms with Crippen LogP contribution in [-0.4, -0.2) is 11.8 Å². The summed E-state index contributed by atoms with van der Waals surface area (Å²) in [6.45, 7) is 8.90. The fraction of sp³-hybridized carbons (Fsp3) is 0.0909. The van der Waals surface area contributed by atoms with Crippen molar-refractivity contribution in [3.63, 3.8) is 0 Å². The molecule has 0 aliphatic heterocycles. The first-order chi connectivity index (χ1) is 17.3. The maximum atomic E-state index is 13.4. The van der Waals surface area contributed by atoms with Crippen LogP contribution in [0.4, 0.5) is 0 Å². The van der Waals surface area contributed by atoms with Gasteiger partial charge in [0.15, 0.2) is 5.78 Å². The second kappa shape index (κ2) is 10.8. The van der Waals surface area contributed by atoms with E-state index in [1.807, 2.05) is 74.5 Å². The smallest absolute Gasteiger partial charge is 0.338 e. The lowest BCUT2D eigenvalue weighted by Gasteiger charge is -2.13. The fourth-order valence-electron chi connectivity index (χ4n) is 4.15. The molecule has 178 valence electrons. The number of hydrogen-bond donors (Lipinski definition) is 0. The molecule has 0 aliphatic rings. The predicted molar refractivity (Wildman–Crippen MR) is 146 cm³/mol. The first-order valence-corrected chi connectivity index (χ1v) is 11.8. The monoisotopic (exact) mass is 472 g/mol. The van der Waals surface area contributed by atoms with Crippen LogP contribution < -0.4 is 4.74 Å². The fourth-order valence-corrected chi connectivity index (χ4v) is 4.15. The third-order valence-corrected chi connectivity index (χ3v) is 5.95. The molecule has 0 fully saturated rings. The van der Waals surface area contributed by atoms with Gasteiger partial charge < -0.3 is 4.74 Å². The highest BCUT2D eigenvalue weighted by atomic mass is 16.5. The number of rotatable bonds is 7. The molecule has 0 amide bonds. The molecule has 4 aromatic carbocycles. The van der Waals surface area contributed by atoms with Crippen LogP contribution in [0.2, 0.25) is 0 Å². The van der Waals surface area contributed by atoms with Crippen molar-refractivity contribution in [3.8, 4) is 5.75 Å². The Morgan fingerprint density at radius 1 is 0.722 bits per heavy atom. The van der Waals surface area contributed by atoms with Gasteiger partial charge in [-0.3, -0.25) is 4.79 Å². The van der Waals surface area contributed by atoms with Crippen molar-refractivity contribution in [2.45, 2.75) is 20.8 Å². The number of ether oxygens (including phenoxy) is 1. The highest BCUT2D eigenvalue weighted by Crippen LogP contribution is 2.28. The number of carbonyl (C=O) groups excluding carboxylic acids is 2. The van der Waals surface area contributed by atoms with E-state index < -0.39 is 5.97 Å². The molecule has 0 N–H and O–H groups in total. The molecule has 0 heterocycles. The van der Waals surface area contributed by atoms with Crippen molar-refractivity contribution in [2.75, 3.05) is 0 Å². The lowest BCUT2D eigenvalue weighted by Crippen LogP contribution is -2.11. The maximum Gasteiger partial charge on any atom is 0.338 e. The van der Waals surface area contributed by atoms with Gasteiger partial charge in [-0.15, -0.1) is 0 Å². The van der Waals surface area contributed by atoms with Crippen molar-refractivity contribution in [1.29, 1.82) is 0 Å². The van der Waals surface area contributed by atoms with Crippen LogP contribution in [0.3, 0.4) is 0 Å². The Kier molecular flexibility index (Phi) is 7.41. The summed E-state index contributed by atoms with van der Waals surface area (Å²) < 4.78 is 5.35. The summed E-state index contributed by atoms with van der Waals surface area (Å²) in [5.41, 5.74) is 7.42. The van der Waals surface area contributed by atoms with Crippen molar-refractivity contribution >= 4 is 23.4 Å². The Morgan fingerprint density at radius 2 is 1.22 bits per heavy atom. The Bertz CT molecular complexity index is 1380. The van der Waals surface area contributed by atoms with Crippen LogP contribution in [-0.2, 0) is 4.79 Å². The summed E-state index contributed by atoms with van der Waals surface area (Å²) in [6, 6.07) is 31.6. The van der Waals surface area contributed by atoms with E-state index in [2.05, 4.69) is 36.9 Å². The molecule has 0 bridgehead atoms. The molecule has 3 heteroatoms. The first kappa shape index (κ1) is 24.6. The quantitative estimate of drug-likeness (QED) is 0.0914. The zero-order valence-electron chi connectivity index (χ0n) is 20.7. The third kappa shape index (κ3) is 5.59. The van der Waals surface area contributed by atoms with Crippen LogP contribution in [0.1, 0.15) is 50.7 Å². The van der Waals surface area contributed by atoms with Gasteiger partial charge in [-0.1, -0.05) is 91.5 Å². The van der Waals surface area contributed by atoms with E-state index in [0.717, 1.165) is 33.4 Å². The predicted octanol–water partition coefficient (Wildman–Crippen LogP) is 7.60. The number of aryl methyl sites for hydroxylation is 2. The summed E-state index contributed by atoms with van der Waals surface area (Å²) >= 11 is 0. The van der Waals surface area contributed by atoms with E-state index in [0.29, 0.717) is 22.4 Å². The molecule has 0 saturated heterocycles. The molecule has 0 radical (unpaired) electrons. The van der Waals surface area contributed by atoms with Gasteiger partial charge in [0, 0.05) is 16.7 Å². The molecular formula is C33H28O3. The molecule has 36 heavy (non-hydrogen) atoms. The lowest BCUT2D eigenvalue weighted by atomic mass is 9.93. The standard InChI is InChI=1S/C33H28O3/c1-22(2)33(35)36-29-19-23(3)31(24(4)20-29)32(34)28-17-15-25(16-18-28)21-30(26-11-7-5-8-12-26)27-13-9-6-10-14-27/h5-21H,1H2,2-4H3. The van der Waals surface area contributed by atoms with Crippen LogP contribution in [0, 0.1) is 13.8 Å². The van der Waals surface area contributed by atoms with Crippen LogP contribution >= 0.6 is 0 Å². The van der Waals surface area contributed by atoms with Crippen molar-refractivity contribution in [3.05, 3.63) is 148 Å². The SMILES string of the molecule is C=C(C)C(=O)Oc1cc(C)c(C(=O)c2ccc(C=C(c3ccccc3)c3ccccc3)cc2)c(C)c1. The number of esters is 1. The van der Waals surface area contributed by atoms with Gasteiger partial charge >= 0.3 is 5.97 Å². The number of carbonyl (C=O) groups is 2. The highest BCUT2D eigenvalue weighted by molar-refractivity contribution is 6.11. The molecule has 0 unspecified atom stereocenters. The summed E-state index contributed by atoms with van der Waals surface area (Å²) in [7, 11) is 0. The van der Waals surface area contributed by atoms with Crippen LogP contribution in [0.25, 0.3) is 11.6 Å².